The van der Waals surface area contributed by atoms with Gasteiger partial charge in [-0.25, -0.2) is 4.98 Å². The maximum absolute atomic E-state index is 9.81. The first-order valence-corrected chi connectivity index (χ1v) is 12.9. The van der Waals surface area contributed by atoms with Crippen molar-refractivity contribution in [1.82, 2.24) is 29.0 Å². The number of benzene rings is 1. The van der Waals surface area contributed by atoms with Crippen LogP contribution >= 0.6 is 23.2 Å². The molecule has 5 aromatic rings. The van der Waals surface area contributed by atoms with Gasteiger partial charge in [0, 0.05) is 53.7 Å². The predicted octanol–water partition coefficient (Wildman–Crippen LogP) is 5.52. The van der Waals surface area contributed by atoms with E-state index in [9.17, 15) is 5.11 Å². The molecule has 1 aromatic carbocycles. The summed E-state index contributed by atoms with van der Waals surface area (Å²) in [4.78, 5) is 12.1. The number of aromatic nitrogens is 5. The molecule has 1 fully saturated rings. The molecule has 1 N–H and O–H groups in total. The highest BCUT2D eigenvalue weighted by Gasteiger charge is 2.21. The molecule has 36 heavy (non-hydrogen) atoms. The number of fused-ring (bicyclic) bond motifs is 3. The summed E-state index contributed by atoms with van der Waals surface area (Å²) in [6, 6.07) is 9.92. The lowest BCUT2D eigenvalue weighted by molar-refractivity contribution is 0.212. The normalized spacial score (nSPS) is 15.3. The Morgan fingerprint density at radius 2 is 1.83 bits per heavy atom. The standard InChI is InChI=1S/C27H26Cl2N6O/c1-33-9-5-19(6-10-33)35-16-18(15-31-35)17-13-20-23(30-14-17)7-11-34-24(8-12-36)26(32-27(20)34)25-21(28)3-2-4-22(25)29/h2-4,7,11,13-16,19,36H,5-6,8-10,12H2,1H3. The Kier molecular flexibility index (Phi) is 6.17. The second-order valence-electron chi connectivity index (χ2n) is 9.39. The molecule has 6 rings (SSSR count). The van der Waals surface area contributed by atoms with Crippen LogP contribution in [0.2, 0.25) is 10.0 Å². The third-order valence-electron chi connectivity index (χ3n) is 7.10. The molecule has 1 aliphatic heterocycles. The molecule has 7 nitrogen and oxygen atoms in total. The topological polar surface area (TPSA) is 71.5 Å². The average Bonchev–Trinajstić information content (AvgIpc) is 3.51. The van der Waals surface area contributed by atoms with E-state index in [-0.39, 0.29) is 6.61 Å². The summed E-state index contributed by atoms with van der Waals surface area (Å²) >= 11 is 13.1. The number of hydrogen-bond donors (Lipinski definition) is 1. The minimum absolute atomic E-state index is 0.0185. The smallest absolute Gasteiger partial charge is 0.147 e. The van der Waals surface area contributed by atoms with E-state index in [0.717, 1.165) is 59.3 Å². The van der Waals surface area contributed by atoms with E-state index in [1.54, 1.807) is 12.1 Å². The zero-order valence-electron chi connectivity index (χ0n) is 19.9. The lowest BCUT2D eigenvalue weighted by Crippen LogP contribution is -2.31. The predicted molar refractivity (Wildman–Crippen MR) is 144 cm³/mol. The molecule has 0 atom stereocenters. The highest BCUT2D eigenvalue weighted by atomic mass is 35.5. The van der Waals surface area contributed by atoms with Crippen LogP contribution in [0.15, 0.2) is 55.1 Å². The van der Waals surface area contributed by atoms with Gasteiger partial charge in [-0.2, -0.15) is 5.10 Å². The summed E-state index contributed by atoms with van der Waals surface area (Å²) in [7, 11) is 2.17. The van der Waals surface area contributed by atoms with E-state index in [2.05, 4.69) is 34.0 Å². The van der Waals surface area contributed by atoms with E-state index in [1.165, 1.54) is 0 Å². The number of hydrogen-bond acceptors (Lipinski definition) is 5. The fraction of sp³-hybridized carbons (Fsp3) is 0.296. The van der Waals surface area contributed by atoms with Crippen LogP contribution in [0.25, 0.3) is 38.9 Å². The Hall–Kier alpha value is -2.97. The quantitative estimate of drug-likeness (QED) is 0.330. The van der Waals surface area contributed by atoms with Crippen molar-refractivity contribution >= 4 is 39.8 Å². The van der Waals surface area contributed by atoms with E-state index >= 15 is 0 Å². The van der Waals surface area contributed by atoms with Crippen molar-refractivity contribution in [3.8, 4) is 22.4 Å². The van der Waals surface area contributed by atoms with E-state index in [4.69, 9.17) is 33.2 Å². The molecular weight excluding hydrogens is 495 g/mol. The van der Waals surface area contributed by atoms with Gasteiger partial charge >= 0.3 is 0 Å². The fourth-order valence-electron chi connectivity index (χ4n) is 5.12. The third-order valence-corrected chi connectivity index (χ3v) is 7.73. The molecule has 1 aliphatic rings. The lowest BCUT2D eigenvalue weighted by atomic mass is 10.1. The first-order valence-electron chi connectivity index (χ1n) is 12.1. The highest BCUT2D eigenvalue weighted by Crippen LogP contribution is 2.38. The summed E-state index contributed by atoms with van der Waals surface area (Å²) in [6.07, 6.45) is 10.5. The van der Waals surface area contributed by atoms with E-state index < -0.39 is 0 Å². The number of likely N-dealkylation sites (tertiary alicyclic amines) is 1. The maximum Gasteiger partial charge on any atom is 0.147 e. The largest absolute Gasteiger partial charge is 0.396 e. The molecule has 0 saturated carbocycles. The van der Waals surface area contributed by atoms with Crippen LogP contribution in [-0.2, 0) is 6.42 Å². The van der Waals surface area contributed by atoms with Crippen molar-refractivity contribution in [3.05, 3.63) is 70.9 Å². The third kappa shape index (κ3) is 4.06. The average molecular weight is 521 g/mol. The molecule has 0 unspecified atom stereocenters. The van der Waals surface area contributed by atoms with Crippen molar-refractivity contribution in [3.63, 3.8) is 0 Å². The Labute approximate surface area is 218 Å². The van der Waals surface area contributed by atoms with Crippen LogP contribution < -0.4 is 0 Å². The lowest BCUT2D eigenvalue weighted by Gasteiger charge is -2.28. The molecule has 4 aromatic heterocycles. The second-order valence-corrected chi connectivity index (χ2v) is 10.2. The Morgan fingerprint density at radius 3 is 2.58 bits per heavy atom. The van der Waals surface area contributed by atoms with Crippen LogP contribution in [0.1, 0.15) is 24.6 Å². The summed E-state index contributed by atoms with van der Waals surface area (Å²) in [5.74, 6) is 0. The Balaban J connectivity index is 1.47. The molecule has 0 bridgehead atoms. The van der Waals surface area contributed by atoms with Gasteiger partial charge in [-0.15, -0.1) is 0 Å². The molecule has 184 valence electrons. The van der Waals surface area contributed by atoms with Crippen LogP contribution in [0, 0.1) is 0 Å². The minimum atomic E-state index is -0.0185. The molecule has 0 spiro atoms. The van der Waals surface area contributed by atoms with Crippen molar-refractivity contribution in [2.45, 2.75) is 25.3 Å². The molecule has 5 heterocycles. The van der Waals surface area contributed by atoms with Crippen LogP contribution in [0.5, 0.6) is 0 Å². The SMILES string of the molecule is CN1CCC(n2cc(-c3cnc4ccn5c(CCO)c(-c6c(Cl)cccc6Cl)nc5c4c3)cn2)CC1. The number of nitrogens with zero attached hydrogens (tertiary/aromatic N) is 6. The van der Waals surface area contributed by atoms with Gasteiger partial charge in [0.15, 0.2) is 0 Å². The molecule has 0 aliphatic carbocycles. The van der Waals surface area contributed by atoms with Gasteiger partial charge in [0.05, 0.1) is 39.2 Å². The maximum atomic E-state index is 9.81. The Bertz CT molecular complexity index is 1550. The van der Waals surface area contributed by atoms with Crippen molar-refractivity contribution in [2.24, 2.45) is 0 Å². The van der Waals surface area contributed by atoms with Crippen LogP contribution in [0.3, 0.4) is 0 Å². The number of imidazole rings is 1. The highest BCUT2D eigenvalue weighted by molar-refractivity contribution is 6.39. The van der Waals surface area contributed by atoms with E-state index in [0.29, 0.717) is 33.8 Å². The molecule has 0 amide bonds. The first kappa shape index (κ1) is 23.4. The van der Waals surface area contributed by atoms with Gasteiger partial charge in [0.1, 0.15) is 5.65 Å². The summed E-state index contributed by atoms with van der Waals surface area (Å²) in [6.45, 7) is 2.15. The minimum Gasteiger partial charge on any atom is -0.396 e. The second kappa shape index (κ2) is 9.48. The summed E-state index contributed by atoms with van der Waals surface area (Å²) in [5.41, 5.74) is 5.80. The van der Waals surface area contributed by atoms with Crippen molar-refractivity contribution < 1.29 is 5.11 Å². The molecule has 1 saturated heterocycles. The number of aliphatic hydroxyl groups excluding tert-OH is 1. The zero-order chi connectivity index (χ0) is 24.8. The molecule has 0 radical (unpaired) electrons. The summed E-state index contributed by atoms with van der Waals surface area (Å²) < 4.78 is 4.10. The Morgan fingerprint density at radius 1 is 1.06 bits per heavy atom. The van der Waals surface area contributed by atoms with Gasteiger partial charge in [0.2, 0.25) is 0 Å². The fourth-order valence-corrected chi connectivity index (χ4v) is 5.70. The van der Waals surface area contributed by atoms with Gasteiger partial charge in [-0.3, -0.25) is 9.67 Å². The van der Waals surface area contributed by atoms with Crippen LogP contribution in [-0.4, -0.2) is 60.9 Å². The van der Waals surface area contributed by atoms with Gasteiger partial charge < -0.3 is 14.4 Å². The van der Waals surface area contributed by atoms with Gasteiger partial charge in [-0.1, -0.05) is 29.3 Å². The van der Waals surface area contributed by atoms with Gasteiger partial charge in [0.25, 0.3) is 0 Å². The number of halogens is 2. The van der Waals surface area contributed by atoms with Crippen molar-refractivity contribution in [2.75, 3.05) is 26.7 Å². The van der Waals surface area contributed by atoms with E-state index in [1.807, 2.05) is 35.1 Å². The molecule has 9 heteroatoms. The van der Waals surface area contributed by atoms with Crippen LogP contribution in [0.4, 0.5) is 0 Å². The van der Waals surface area contributed by atoms with Gasteiger partial charge in [-0.05, 0) is 57.2 Å². The molecular formula is C27H26Cl2N6O. The first-order chi connectivity index (χ1) is 17.5. The number of pyridine rings is 2. The number of aliphatic hydroxyl groups is 1. The zero-order valence-corrected chi connectivity index (χ0v) is 21.4. The van der Waals surface area contributed by atoms with Crippen molar-refractivity contribution in [1.29, 1.82) is 0 Å². The number of rotatable bonds is 5. The monoisotopic (exact) mass is 520 g/mol. The number of piperidine rings is 1. The summed E-state index contributed by atoms with van der Waals surface area (Å²) in [5, 5.41) is 16.4.